The molecule has 37 heavy (non-hydrogen) atoms. The lowest BCUT2D eigenvalue weighted by atomic mass is 9.94. The van der Waals surface area contributed by atoms with Crippen molar-refractivity contribution in [1.82, 2.24) is 16.0 Å². The van der Waals surface area contributed by atoms with Crippen LogP contribution in [0, 0.1) is 17.8 Å². The van der Waals surface area contributed by atoms with E-state index in [1.165, 1.54) is 0 Å². The Morgan fingerprint density at radius 1 is 0.865 bits per heavy atom. The van der Waals surface area contributed by atoms with Gasteiger partial charge in [-0.3, -0.25) is 14.4 Å². The fourth-order valence-electron chi connectivity index (χ4n) is 4.49. The number of benzene rings is 1. The molecule has 0 aliphatic carbocycles. The summed E-state index contributed by atoms with van der Waals surface area (Å²) in [6.07, 6.45) is 2.93. The van der Waals surface area contributed by atoms with Gasteiger partial charge in [0.2, 0.25) is 17.7 Å². The Bertz CT molecular complexity index is 904. The second kappa shape index (κ2) is 14.7. The predicted molar refractivity (Wildman–Crippen MR) is 143 cm³/mol. The molecule has 1 aromatic rings. The highest BCUT2D eigenvalue weighted by molar-refractivity contribution is 5.94. The van der Waals surface area contributed by atoms with Crippen molar-refractivity contribution < 1.29 is 23.9 Å². The molecule has 0 saturated carbocycles. The average molecular weight is 516 g/mol. The zero-order valence-corrected chi connectivity index (χ0v) is 23.2. The maximum absolute atomic E-state index is 13.5. The van der Waals surface area contributed by atoms with Crippen LogP contribution in [0.2, 0.25) is 0 Å². The minimum absolute atomic E-state index is 0.0399. The number of esters is 1. The van der Waals surface area contributed by atoms with Gasteiger partial charge >= 0.3 is 5.97 Å². The maximum Gasteiger partial charge on any atom is 0.329 e. The van der Waals surface area contributed by atoms with Crippen LogP contribution in [-0.2, 0) is 30.3 Å². The second-order valence-corrected chi connectivity index (χ2v) is 10.7. The molecule has 0 bridgehead atoms. The smallest absolute Gasteiger partial charge is 0.329 e. The first-order chi connectivity index (χ1) is 17.6. The van der Waals surface area contributed by atoms with Gasteiger partial charge in [0, 0.05) is 6.42 Å². The molecule has 206 valence electrons. The molecule has 3 amide bonds. The van der Waals surface area contributed by atoms with E-state index in [0.29, 0.717) is 6.42 Å². The van der Waals surface area contributed by atoms with E-state index in [1.54, 1.807) is 0 Å². The van der Waals surface area contributed by atoms with Gasteiger partial charge in [-0.15, -0.1) is 0 Å². The number of hydrogen-bond donors (Lipinski definition) is 3. The van der Waals surface area contributed by atoms with E-state index >= 15 is 0 Å². The van der Waals surface area contributed by atoms with E-state index in [-0.39, 0.29) is 36.5 Å². The number of unbranched alkanes of at least 4 members (excludes halogenated alkanes) is 1. The quantitative estimate of drug-likeness (QED) is 0.436. The molecule has 1 aromatic carbocycles. The summed E-state index contributed by atoms with van der Waals surface area (Å²) >= 11 is 0. The maximum atomic E-state index is 13.5. The third kappa shape index (κ3) is 9.17. The fraction of sp³-hybridized carbons (Fsp3) is 0.655. The molecule has 1 heterocycles. The Balaban J connectivity index is 2.46. The Labute approximate surface area is 221 Å². The van der Waals surface area contributed by atoms with Crippen molar-refractivity contribution in [3.63, 3.8) is 0 Å². The number of carbonyl (C=O) groups is 4. The Morgan fingerprint density at radius 2 is 1.54 bits per heavy atom. The van der Waals surface area contributed by atoms with E-state index in [0.717, 1.165) is 24.8 Å². The number of carbonyl (C=O) groups excluding carboxylic acids is 4. The van der Waals surface area contributed by atoms with Crippen molar-refractivity contribution in [2.75, 3.05) is 0 Å². The number of rotatable bonds is 9. The van der Waals surface area contributed by atoms with E-state index < -0.39 is 42.0 Å². The van der Waals surface area contributed by atoms with Crippen molar-refractivity contribution in [3.8, 4) is 0 Å². The monoisotopic (exact) mass is 515 g/mol. The van der Waals surface area contributed by atoms with E-state index in [4.69, 9.17) is 4.74 Å². The first kappa shape index (κ1) is 30.3. The summed E-state index contributed by atoms with van der Waals surface area (Å²) in [6, 6.07) is 6.73. The highest BCUT2D eigenvalue weighted by Gasteiger charge is 2.36. The molecule has 2 rings (SSSR count). The summed E-state index contributed by atoms with van der Waals surface area (Å²) in [6.45, 7) is 11.6. The van der Waals surface area contributed by atoms with Gasteiger partial charge < -0.3 is 20.7 Å². The van der Waals surface area contributed by atoms with Crippen molar-refractivity contribution in [2.45, 2.75) is 104 Å². The topological polar surface area (TPSA) is 114 Å². The molecule has 8 heteroatoms. The Morgan fingerprint density at radius 3 is 2.14 bits per heavy atom. The summed E-state index contributed by atoms with van der Waals surface area (Å²) in [5.41, 5.74) is 0.866. The Hall–Kier alpha value is -2.90. The van der Waals surface area contributed by atoms with Gasteiger partial charge in [0.15, 0.2) is 0 Å². The van der Waals surface area contributed by atoms with Gasteiger partial charge in [-0.25, -0.2) is 4.79 Å². The molecule has 0 radical (unpaired) electrons. The van der Waals surface area contributed by atoms with Crippen LogP contribution in [0.15, 0.2) is 30.3 Å². The first-order valence-electron chi connectivity index (χ1n) is 13.7. The molecule has 0 aromatic heterocycles. The predicted octanol–water partition coefficient (Wildman–Crippen LogP) is 3.53. The van der Waals surface area contributed by atoms with E-state index in [9.17, 15) is 19.2 Å². The third-order valence-electron chi connectivity index (χ3n) is 7.25. The standard InChI is InChI=1S/C29H45N3O5/c1-7-9-13-20(6)23-17-24(33)31-25(18(3)4)28(35)30-22(16-21-14-11-10-12-15-21)27(34)32-26(19(5)8-2)29(36)37-23/h10-12,14-15,18-20,22-23,25-26H,7-9,13,16-17H2,1-6H3,(H,30,35)(H,31,33)(H,32,34). The lowest BCUT2D eigenvalue weighted by Gasteiger charge is -2.29. The van der Waals surface area contributed by atoms with Crippen LogP contribution in [0.1, 0.15) is 79.2 Å². The minimum atomic E-state index is -0.924. The largest absolute Gasteiger partial charge is 0.460 e. The molecule has 1 aliphatic heterocycles. The summed E-state index contributed by atoms with van der Waals surface area (Å²) in [5, 5.41) is 8.54. The molecule has 1 saturated heterocycles. The summed E-state index contributed by atoms with van der Waals surface area (Å²) in [4.78, 5) is 53.3. The van der Waals surface area contributed by atoms with E-state index in [2.05, 4.69) is 22.9 Å². The zero-order valence-electron chi connectivity index (χ0n) is 23.2. The second-order valence-electron chi connectivity index (χ2n) is 10.7. The van der Waals surface area contributed by atoms with Crippen molar-refractivity contribution in [2.24, 2.45) is 17.8 Å². The molecule has 3 N–H and O–H groups in total. The van der Waals surface area contributed by atoms with Crippen molar-refractivity contribution >= 4 is 23.7 Å². The summed E-state index contributed by atoms with van der Waals surface area (Å²) in [5.74, 6) is -2.24. The van der Waals surface area contributed by atoms with E-state index in [1.807, 2.05) is 65.0 Å². The number of cyclic esters (lactones) is 1. The zero-order chi connectivity index (χ0) is 27.5. The number of ether oxygens (including phenoxy) is 1. The normalized spacial score (nSPS) is 25.5. The van der Waals surface area contributed by atoms with Crippen LogP contribution in [0.4, 0.5) is 0 Å². The van der Waals surface area contributed by atoms with Crippen LogP contribution < -0.4 is 16.0 Å². The summed E-state index contributed by atoms with van der Waals surface area (Å²) < 4.78 is 5.93. The fourth-order valence-corrected chi connectivity index (χ4v) is 4.49. The Kier molecular flexibility index (Phi) is 12.1. The van der Waals surface area contributed by atoms with Crippen LogP contribution >= 0.6 is 0 Å². The van der Waals surface area contributed by atoms with Crippen LogP contribution in [0.3, 0.4) is 0 Å². The lowest BCUT2D eigenvalue weighted by Crippen LogP contribution is -2.58. The SMILES string of the molecule is CCCCC(C)C1CC(=O)NC(C(C)C)C(=O)NC(Cc2ccccc2)C(=O)NC(C(C)CC)C(=O)O1. The van der Waals surface area contributed by atoms with Gasteiger partial charge in [0.1, 0.15) is 24.2 Å². The van der Waals surface area contributed by atoms with Gasteiger partial charge in [0.05, 0.1) is 6.42 Å². The molecule has 1 aliphatic rings. The van der Waals surface area contributed by atoms with Gasteiger partial charge in [0.25, 0.3) is 0 Å². The molecule has 0 spiro atoms. The molecule has 1 fully saturated rings. The number of hydrogen-bond acceptors (Lipinski definition) is 5. The highest BCUT2D eigenvalue weighted by Crippen LogP contribution is 2.21. The van der Waals surface area contributed by atoms with Crippen LogP contribution in [-0.4, -0.2) is 47.9 Å². The van der Waals surface area contributed by atoms with Crippen LogP contribution in [0.25, 0.3) is 0 Å². The minimum Gasteiger partial charge on any atom is -0.460 e. The molecular weight excluding hydrogens is 470 g/mol. The van der Waals surface area contributed by atoms with Crippen LogP contribution in [0.5, 0.6) is 0 Å². The third-order valence-corrected chi connectivity index (χ3v) is 7.25. The lowest BCUT2D eigenvalue weighted by molar-refractivity contribution is -0.158. The first-order valence-corrected chi connectivity index (χ1v) is 13.7. The molecule has 6 unspecified atom stereocenters. The highest BCUT2D eigenvalue weighted by atomic mass is 16.5. The van der Waals surface area contributed by atoms with Gasteiger partial charge in [-0.05, 0) is 29.7 Å². The summed E-state index contributed by atoms with van der Waals surface area (Å²) in [7, 11) is 0. The van der Waals surface area contributed by atoms with Crippen molar-refractivity contribution in [3.05, 3.63) is 35.9 Å². The average Bonchev–Trinajstić information content (AvgIpc) is 2.87. The van der Waals surface area contributed by atoms with Gasteiger partial charge in [-0.2, -0.15) is 0 Å². The molecule has 8 nitrogen and oxygen atoms in total. The van der Waals surface area contributed by atoms with Crippen molar-refractivity contribution in [1.29, 1.82) is 0 Å². The number of nitrogens with one attached hydrogen (secondary N) is 3. The molecular formula is C29H45N3O5. The number of amides is 3. The molecule has 6 atom stereocenters. The van der Waals surface area contributed by atoms with Gasteiger partial charge in [-0.1, -0.05) is 91.1 Å².